The van der Waals surface area contributed by atoms with Crippen LogP contribution in [0.5, 0.6) is 0 Å². The van der Waals surface area contributed by atoms with Gasteiger partial charge in [0.15, 0.2) is 5.60 Å². The lowest BCUT2D eigenvalue weighted by Gasteiger charge is -2.28. The largest absolute Gasteiger partial charge is 0.479 e. The zero-order chi connectivity index (χ0) is 12.7. The van der Waals surface area contributed by atoms with Gasteiger partial charge in [-0.3, -0.25) is 0 Å². The predicted octanol–water partition coefficient (Wildman–Crippen LogP) is 3.62. The zero-order valence-electron chi connectivity index (χ0n) is 11.2. The van der Waals surface area contributed by atoms with Gasteiger partial charge in [0.1, 0.15) is 0 Å². The highest BCUT2D eigenvalue weighted by atomic mass is 16.5. The first kappa shape index (κ1) is 14.5. The molecule has 1 aliphatic carbocycles. The minimum atomic E-state index is -0.881. The van der Waals surface area contributed by atoms with Crippen molar-refractivity contribution >= 4 is 5.97 Å². The lowest BCUT2D eigenvalue weighted by atomic mass is 9.94. The quantitative estimate of drug-likeness (QED) is 0.571. The molecule has 0 aromatic carbocycles. The van der Waals surface area contributed by atoms with Crippen LogP contribution in [0.15, 0.2) is 0 Å². The summed E-state index contributed by atoms with van der Waals surface area (Å²) in [4.78, 5) is 11.4. The van der Waals surface area contributed by atoms with Crippen LogP contribution in [-0.4, -0.2) is 23.3 Å². The van der Waals surface area contributed by atoms with Crippen LogP contribution in [0, 0.1) is 5.92 Å². The smallest absolute Gasteiger partial charge is 0.335 e. The normalized spacial score (nSPS) is 20.2. The van der Waals surface area contributed by atoms with Crippen LogP contribution in [0.3, 0.4) is 0 Å². The Kier molecular flexibility index (Phi) is 5.96. The minimum Gasteiger partial charge on any atom is -0.479 e. The van der Waals surface area contributed by atoms with Crippen molar-refractivity contribution in [3.05, 3.63) is 0 Å². The van der Waals surface area contributed by atoms with Crippen LogP contribution in [-0.2, 0) is 9.53 Å². The van der Waals surface area contributed by atoms with Gasteiger partial charge in [0, 0.05) is 6.61 Å². The molecule has 0 spiro atoms. The van der Waals surface area contributed by atoms with E-state index < -0.39 is 11.6 Å². The topological polar surface area (TPSA) is 46.5 Å². The highest BCUT2D eigenvalue weighted by molar-refractivity contribution is 5.77. The van der Waals surface area contributed by atoms with Crippen molar-refractivity contribution in [3.8, 4) is 0 Å². The van der Waals surface area contributed by atoms with E-state index in [0.717, 1.165) is 38.5 Å². The first-order valence-corrected chi connectivity index (χ1v) is 6.94. The number of carbonyl (C=O) groups is 1. The Morgan fingerprint density at radius 1 is 1.24 bits per heavy atom. The van der Waals surface area contributed by atoms with Gasteiger partial charge >= 0.3 is 5.97 Å². The average molecular weight is 242 g/mol. The maximum atomic E-state index is 11.4. The van der Waals surface area contributed by atoms with Crippen LogP contribution < -0.4 is 0 Å². The molecule has 0 heterocycles. The fraction of sp³-hybridized carbons (Fsp3) is 0.929. The summed E-state index contributed by atoms with van der Waals surface area (Å²) in [5.41, 5.74) is -0.881. The van der Waals surface area contributed by atoms with Crippen LogP contribution in [0.1, 0.15) is 65.2 Å². The number of carboxylic acids is 1. The van der Waals surface area contributed by atoms with Crippen molar-refractivity contribution in [2.75, 3.05) is 6.61 Å². The van der Waals surface area contributed by atoms with E-state index in [1.54, 1.807) is 0 Å². The van der Waals surface area contributed by atoms with Crippen molar-refractivity contribution in [2.24, 2.45) is 5.92 Å². The first-order chi connectivity index (χ1) is 8.07. The zero-order valence-corrected chi connectivity index (χ0v) is 11.2. The van der Waals surface area contributed by atoms with Crippen molar-refractivity contribution < 1.29 is 14.6 Å². The SMILES string of the molecule is CC(C)CCCOC1(C(=O)O)CCCCCC1. The molecule has 1 N–H and O–H groups in total. The summed E-state index contributed by atoms with van der Waals surface area (Å²) in [6, 6.07) is 0. The summed E-state index contributed by atoms with van der Waals surface area (Å²) in [6.45, 7) is 4.95. The van der Waals surface area contributed by atoms with E-state index in [0.29, 0.717) is 25.4 Å². The van der Waals surface area contributed by atoms with Gasteiger partial charge in [0.05, 0.1) is 0 Å². The second-order valence-electron chi connectivity index (χ2n) is 5.60. The van der Waals surface area contributed by atoms with Gasteiger partial charge in [-0.2, -0.15) is 0 Å². The molecule has 1 rings (SSSR count). The van der Waals surface area contributed by atoms with E-state index in [-0.39, 0.29) is 0 Å². The molecule has 0 aliphatic heterocycles. The summed E-state index contributed by atoms with van der Waals surface area (Å²) in [6.07, 6.45) is 7.69. The maximum absolute atomic E-state index is 11.4. The second kappa shape index (κ2) is 7.00. The number of rotatable bonds is 6. The molecular formula is C14H26O3. The highest BCUT2D eigenvalue weighted by Gasteiger charge is 2.39. The molecule has 1 aliphatic rings. The maximum Gasteiger partial charge on any atom is 0.335 e. The molecule has 0 bridgehead atoms. The third kappa shape index (κ3) is 4.66. The molecular weight excluding hydrogens is 216 g/mol. The third-order valence-electron chi connectivity index (χ3n) is 3.61. The summed E-state index contributed by atoms with van der Waals surface area (Å²) in [7, 11) is 0. The van der Waals surface area contributed by atoms with Crippen LogP contribution in [0.2, 0.25) is 0 Å². The van der Waals surface area contributed by atoms with Gasteiger partial charge in [0.25, 0.3) is 0 Å². The summed E-state index contributed by atoms with van der Waals surface area (Å²) >= 11 is 0. The van der Waals surface area contributed by atoms with Gasteiger partial charge in [-0.25, -0.2) is 4.79 Å². The van der Waals surface area contributed by atoms with Gasteiger partial charge in [-0.1, -0.05) is 26.7 Å². The molecule has 0 saturated heterocycles. The molecule has 1 fully saturated rings. The van der Waals surface area contributed by atoms with E-state index in [1.807, 2.05) is 0 Å². The second-order valence-corrected chi connectivity index (χ2v) is 5.60. The molecule has 0 amide bonds. The highest BCUT2D eigenvalue weighted by Crippen LogP contribution is 2.31. The van der Waals surface area contributed by atoms with E-state index >= 15 is 0 Å². The van der Waals surface area contributed by atoms with Crippen molar-refractivity contribution in [1.82, 2.24) is 0 Å². The molecule has 1 saturated carbocycles. The molecule has 0 aromatic heterocycles. The Labute approximate surface area is 105 Å². The van der Waals surface area contributed by atoms with E-state index in [1.165, 1.54) is 0 Å². The summed E-state index contributed by atoms with van der Waals surface area (Å²) in [5, 5.41) is 9.40. The van der Waals surface area contributed by atoms with Gasteiger partial charge < -0.3 is 9.84 Å². The van der Waals surface area contributed by atoms with Gasteiger partial charge in [-0.15, -0.1) is 0 Å². The van der Waals surface area contributed by atoms with E-state index in [4.69, 9.17) is 4.74 Å². The molecule has 0 aromatic rings. The van der Waals surface area contributed by atoms with Crippen LogP contribution in [0.4, 0.5) is 0 Å². The molecule has 0 unspecified atom stereocenters. The van der Waals surface area contributed by atoms with Crippen molar-refractivity contribution in [3.63, 3.8) is 0 Å². The minimum absolute atomic E-state index is 0.588. The number of aliphatic carboxylic acids is 1. The molecule has 17 heavy (non-hydrogen) atoms. The molecule has 3 nitrogen and oxygen atoms in total. The predicted molar refractivity (Wildman–Crippen MR) is 68.1 cm³/mol. The molecule has 0 radical (unpaired) electrons. The first-order valence-electron chi connectivity index (χ1n) is 6.94. The monoisotopic (exact) mass is 242 g/mol. The number of hydrogen-bond acceptors (Lipinski definition) is 2. The van der Waals surface area contributed by atoms with E-state index in [2.05, 4.69) is 13.8 Å². The number of ether oxygens (including phenoxy) is 1. The molecule has 0 atom stereocenters. The van der Waals surface area contributed by atoms with Crippen molar-refractivity contribution in [1.29, 1.82) is 0 Å². The Bertz CT molecular complexity index is 228. The van der Waals surface area contributed by atoms with Gasteiger partial charge in [0.2, 0.25) is 0 Å². The number of carboxylic acid groups (broad SMARTS) is 1. The Hall–Kier alpha value is -0.570. The Morgan fingerprint density at radius 2 is 1.82 bits per heavy atom. The Morgan fingerprint density at radius 3 is 2.29 bits per heavy atom. The standard InChI is InChI=1S/C14H26O3/c1-12(2)8-7-11-17-14(13(15)16)9-5-3-4-6-10-14/h12H,3-11H2,1-2H3,(H,15,16). The number of hydrogen-bond donors (Lipinski definition) is 1. The fourth-order valence-electron chi connectivity index (χ4n) is 2.48. The third-order valence-corrected chi connectivity index (χ3v) is 3.61. The summed E-state index contributed by atoms with van der Waals surface area (Å²) < 4.78 is 5.76. The van der Waals surface area contributed by atoms with Gasteiger partial charge in [-0.05, 0) is 44.4 Å². The van der Waals surface area contributed by atoms with Crippen LogP contribution >= 0.6 is 0 Å². The van der Waals surface area contributed by atoms with Crippen molar-refractivity contribution in [2.45, 2.75) is 70.8 Å². The lowest BCUT2D eigenvalue weighted by Crippen LogP contribution is -2.41. The Balaban J connectivity index is 2.44. The fourth-order valence-corrected chi connectivity index (χ4v) is 2.48. The van der Waals surface area contributed by atoms with E-state index in [9.17, 15) is 9.90 Å². The van der Waals surface area contributed by atoms with Crippen LogP contribution in [0.25, 0.3) is 0 Å². The lowest BCUT2D eigenvalue weighted by molar-refractivity contribution is -0.168. The molecule has 100 valence electrons. The molecule has 3 heteroatoms. The average Bonchev–Trinajstić information content (AvgIpc) is 2.50. The summed E-state index contributed by atoms with van der Waals surface area (Å²) in [5.74, 6) is -0.0996.